The maximum atomic E-state index is 12.4. The first-order valence-electron chi connectivity index (χ1n) is 6.92. The highest BCUT2D eigenvalue weighted by Crippen LogP contribution is 2.16. The van der Waals surface area contributed by atoms with Crippen LogP contribution in [0.3, 0.4) is 0 Å². The van der Waals surface area contributed by atoms with Crippen molar-refractivity contribution in [2.75, 3.05) is 6.54 Å². The number of pyridine rings is 1. The van der Waals surface area contributed by atoms with Crippen molar-refractivity contribution in [3.63, 3.8) is 0 Å². The van der Waals surface area contributed by atoms with Crippen LogP contribution in [0.15, 0.2) is 21.9 Å². The van der Waals surface area contributed by atoms with Gasteiger partial charge in [0.1, 0.15) is 5.65 Å². The standard InChI is InChI=1S/C14H19N5O3/c1-7(2)14(3,6-15)19-11(20)8-4-9-10(16-5-8)17-13(22)18-12(9)21/h4-5,7H,6,15H2,1-3H3,(H,19,20)(H2,16,17,18,21,22). The summed E-state index contributed by atoms with van der Waals surface area (Å²) in [7, 11) is 0. The minimum absolute atomic E-state index is 0.134. The molecule has 0 aliphatic heterocycles. The van der Waals surface area contributed by atoms with Gasteiger partial charge in [0.25, 0.3) is 11.5 Å². The molecule has 1 atom stereocenters. The third kappa shape index (κ3) is 2.91. The quantitative estimate of drug-likeness (QED) is 0.616. The van der Waals surface area contributed by atoms with E-state index in [1.54, 1.807) is 0 Å². The van der Waals surface area contributed by atoms with Gasteiger partial charge < -0.3 is 11.1 Å². The summed E-state index contributed by atoms with van der Waals surface area (Å²) in [6.45, 7) is 6.06. The average molecular weight is 305 g/mol. The Balaban J connectivity index is 2.41. The van der Waals surface area contributed by atoms with E-state index in [2.05, 4.69) is 20.3 Å². The first-order chi connectivity index (χ1) is 10.3. The first kappa shape index (κ1) is 15.9. The van der Waals surface area contributed by atoms with E-state index in [0.29, 0.717) is 0 Å². The normalized spacial score (nSPS) is 14.0. The summed E-state index contributed by atoms with van der Waals surface area (Å²) >= 11 is 0. The number of rotatable bonds is 4. The highest BCUT2D eigenvalue weighted by atomic mass is 16.2. The van der Waals surface area contributed by atoms with Crippen LogP contribution in [0.2, 0.25) is 0 Å². The predicted molar refractivity (Wildman–Crippen MR) is 82.7 cm³/mol. The zero-order valence-corrected chi connectivity index (χ0v) is 12.7. The molecule has 0 radical (unpaired) electrons. The Labute approximate surface area is 126 Å². The van der Waals surface area contributed by atoms with Crippen molar-refractivity contribution in [1.82, 2.24) is 20.3 Å². The third-order valence-electron chi connectivity index (χ3n) is 3.95. The fourth-order valence-corrected chi connectivity index (χ4v) is 1.93. The molecule has 0 aromatic carbocycles. The molecule has 0 fully saturated rings. The SMILES string of the molecule is CC(C)C(C)(CN)NC(=O)c1cnc2[nH]c(=O)[nH]c(=O)c2c1. The van der Waals surface area contributed by atoms with Crippen molar-refractivity contribution < 1.29 is 4.79 Å². The van der Waals surface area contributed by atoms with Gasteiger partial charge in [-0.15, -0.1) is 0 Å². The smallest absolute Gasteiger partial charge is 0.327 e. The highest BCUT2D eigenvalue weighted by molar-refractivity contribution is 5.97. The maximum Gasteiger partial charge on any atom is 0.327 e. The number of fused-ring (bicyclic) bond motifs is 1. The van der Waals surface area contributed by atoms with Crippen molar-refractivity contribution in [3.05, 3.63) is 38.7 Å². The van der Waals surface area contributed by atoms with Gasteiger partial charge in [-0.3, -0.25) is 19.6 Å². The average Bonchev–Trinajstić information content (AvgIpc) is 2.46. The van der Waals surface area contributed by atoms with Gasteiger partial charge >= 0.3 is 5.69 Å². The number of hydrogen-bond donors (Lipinski definition) is 4. The number of nitrogens with zero attached hydrogens (tertiary/aromatic N) is 1. The Morgan fingerprint density at radius 1 is 1.41 bits per heavy atom. The molecule has 0 saturated carbocycles. The lowest BCUT2D eigenvalue weighted by molar-refractivity contribution is 0.0883. The first-order valence-corrected chi connectivity index (χ1v) is 6.92. The lowest BCUT2D eigenvalue weighted by atomic mass is 9.88. The lowest BCUT2D eigenvalue weighted by Crippen LogP contribution is -2.55. The van der Waals surface area contributed by atoms with Gasteiger partial charge in [0, 0.05) is 12.7 Å². The molecule has 8 heteroatoms. The van der Waals surface area contributed by atoms with E-state index < -0.39 is 16.8 Å². The zero-order valence-electron chi connectivity index (χ0n) is 12.7. The molecule has 0 bridgehead atoms. The molecule has 118 valence electrons. The molecule has 0 aliphatic carbocycles. The number of amides is 1. The van der Waals surface area contributed by atoms with Crippen LogP contribution in [0.25, 0.3) is 11.0 Å². The molecule has 2 aromatic heterocycles. The van der Waals surface area contributed by atoms with Crippen molar-refractivity contribution in [2.45, 2.75) is 26.3 Å². The largest absolute Gasteiger partial charge is 0.345 e. The minimum Gasteiger partial charge on any atom is -0.345 e. The van der Waals surface area contributed by atoms with E-state index in [1.807, 2.05) is 20.8 Å². The topological polar surface area (TPSA) is 134 Å². The number of H-pyrrole nitrogens is 2. The third-order valence-corrected chi connectivity index (χ3v) is 3.95. The summed E-state index contributed by atoms with van der Waals surface area (Å²) in [5, 5.41) is 3.01. The lowest BCUT2D eigenvalue weighted by Gasteiger charge is -2.33. The number of carbonyl (C=O) groups excluding carboxylic acids is 1. The second-order valence-corrected chi connectivity index (χ2v) is 5.76. The molecular formula is C14H19N5O3. The van der Waals surface area contributed by atoms with Gasteiger partial charge in [-0.2, -0.15) is 0 Å². The molecule has 2 heterocycles. The molecule has 1 unspecified atom stereocenters. The summed E-state index contributed by atoms with van der Waals surface area (Å²) < 4.78 is 0. The zero-order chi connectivity index (χ0) is 16.5. The summed E-state index contributed by atoms with van der Waals surface area (Å²) in [4.78, 5) is 43.7. The van der Waals surface area contributed by atoms with Crippen LogP contribution in [0.4, 0.5) is 0 Å². The molecule has 5 N–H and O–H groups in total. The monoisotopic (exact) mass is 305 g/mol. The van der Waals surface area contributed by atoms with E-state index in [0.717, 1.165) is 0 Å². The minimum atomic E-state index is -0.641. The molecular weight excluding hydrogens is 286 g/mol. The van der Waals surface area contributed by atoms with Gasteiger partial charge in [-0.1, -0.05) is 13.8 Å². The molecule has 0 saturated heterocycles. The van der Waals surface area contributed by atoms with Crippen molar-refractivity contribution in [3.8, 4) is 0 Å². The summed E-state index contributed by atoms with van der Waals surface area (Å²) in [6, 6.07) is 1.39. The van der Waals surface area contributed by atoms with Crippen LogP contribution in [0.1, 0.15) is 31.1 Å². The number of hydrogen-bond acceptors (Lipinski definition) is 5. The van der Waals surface area contributed by atoms with Crippen LogP contribution in [-0.2, 0) is 0 Å². The number of aromatic nitrogens is 3. The Morgan fingerprint density at radius 3 is 2.68 bits per heavy atom. The van der Waals surface area contributed by atoms with Crippen LogP contribution >= 0.6 is 0 Å². The van der Waals surface area contributed by atoms with Gasteiger partial charge in [-0.25, -0.2) is 9.78 Å². The second kappa shape index (κ2) is 5.72. The summed E-state index contributed by atoms with van der Waals surface area (Å²) in [5.41, 5.74) is 4.30. The Bertz CT molecular complexity index is 823. The molecule has 22 heavy (non-hydrogen) atoms. The number of carbonyl (C=O) groups is 1. The fourth-order valence-electron chi connectivity index (χ4n) is 1.93. The van der Waals surface area contributed by atoms with E-state index in [1.165, 1.54) is 12.3 Å². The van der Waals surface area contributed by atoms with Crippen molar-refractivity contribution in [2.24, 2.45) is 11.7 Å². The van der Waals surface area contributed by atoms with E-state index in [4.69, 9.17) is 5.73 Å². The second-order valence-electron chi connectivity index (χ2n) is 5.76. The summed E-state index contributed by atoms with van der Waals surface area (Å²) in [6.07, 6.45) is 1.31. The molecule has 2 rings (SSSR count). The molecule has 1 amide bonds. The Hall–Kier alpha value is -2.48. The number of nitrogens with two attached hydrogens (primary N) is 1. The van der Waals surface area contributed by atoms with Crippen LogP contribution in [-0.4, -0.2) is 32.9 Å². The van der Waals surface area contributed by atoms with E-state index in [9.17, 15) is 14.4 Å². The van der Waals surface area contributed by atoms with Crippen LogP contribution in [0.5, 0.6) is 0 Å². The highest BCUT2D eigenvalue weighted by Gasteiger charge is 2.29. The van der Waals surface area contributed by atoms with Crippen LogP contribution < -0.4 is 22.3 Å². The van der Waals surface area contributed by atoms with E-state index >= 15 is 0 Å². The fraction of sp³-hybridized carbons (Fsp3) is 0.429. The number of nitrogens with one attached hydrogen (secondary N) is 3. The van der Waals surface area contributed by atoms with Gasteiger partial charge in [-0.05, 0) is 18.9 Å². The van der Waals surface area contributed by atoms with Gasteiger partial charge in [0.2, 0.25) is 0 Å². The van der Waals surface area contributed by atoms with E-state index in [-0.39, 0.29) is 35.0 Å². The Morgan fingerprint density at radius 2 is 2.09 bits per heavy atom. The van der Waals surface area contributed by atoms with Crippen molar-refractivity contribution in [1.29, 1.82) is 0 Å². The maximum absolute atomic E-state index is 12.4. The summed E-state index contributed by atoms with van der Waals surface area (Å²) in [5.74, 6) is -0.240. The van der Waals surface area contributed by atoms with Gasteiger partial charge in [0.05, 0.1) is 16.5 Å². The Kier molecular flexibility index (Phi) is 4.14. The molecule has 0 spiro atoms. The predicted octanol–water partition coefficient (Wildman–Crippen LogP) is -0.285. The van der Waals surface area contributed by atoms with Crippen LogP contribution in [0, 0.1) is 5.92 Å². The molecule has 0 aliphatic rings. The van der Waals surface area contributed by atoms with Gasteiger partial charge in [0.15, 0.2) is 0 Å². The molecule has 8 nitrogen and oxygen atoms in total. The van der Waals surface area contributed by atoms with Crippen molar-refractivity contribution >= 4 is 16.9 Å². The number of aromatic amines is 2. The molecule has 2 aromatic rings.